The van der Waals surface area contributed by atoms with Crippen LogP contribution in [0.5, 0.6) is 0 Å². The van der Waals surface area contributed by atoms with E-state index in [1.165, 1.54) is 4.88 Å². The standard InChI is InChI=1S/C19H24N2O2S/c1-11-7-12(9-20-4)10-21-16(11)17-15(18(22)23)13-8-19(2,3)6-5-14(13)24-17/h7,10,20H,5-6,8-9H2,1-4H3,(H,22,23). The molecule has 5 heteroatoms. The van der Waals surface area contributed by atoms with Crippen molar-refractivity contribution < 1.29 is 9.90 Å². The van der Waals surface area contributed by atoms with E-state index in [1.807, 2.05) is 20.2 Å². The van der Waals surface area contributed by atoms with Gasteiger partial charge >= 0.3 is 5.97 Å². The van der Waals surface area contributed by atoms with Gasteiger partial charge in [-0.25, -0.2) is 4.79 Å². The molecule has 0 saturated carbocycles. The van der Waals surface area contributed by atoms with E-state index in [-0.39, 0.29) is 5.41 Å². The minimum Gasteiger partial charge on any atom is -0.478 e. The van der Waals surface area contributed by atoms with E-state index in [2.05, 4.69) is 30.2 Å². The van der Waals surface area contributed by atoms with Crippen LogP contribution in [0.2, 0.25) is 0 Å². The Morgan fingerprint density at radius 1 is 1.46 bits per heavy atom. The van der Waals surface area contributed by atoms with Gasteiger partial charge in [0.2, 0.25) is 0 Å². The van der Waals surface area contributed by atoms with Crippen LogP contribution in [0.4, 0.5) is 0 Å². The highest BCUT2D eigenvalue weighted by Crippen LogP contribution is 2.45. The lowest BCUT2D eigenvalue weighted by atomic mass is 9.76. The van der Waals surface area contributed by atoms with E-state index in [9.17, 15) is 9.90 Å². The van der Waals surface area contributed by atoms with E-state index in [0.29, 0.717) is 5.56 Å². The fourth-order valence-electron chi connectivity index (χ4n) is 3.48. The van der Waals surface area contributed by atoms with Crippen molar-refractivity contribution in [3.8, 4) is 10.6 Å². The highest BCUT2D eigenvalue weighted by molar-refractivity contribution is 7.16. The number of pyridine rings is 1. The Morgan fingerprint density at radius 3 is 2.83 bits per heavy atom. The number of rotatable bonds is 4. The summed E-state index contributed by atoms with van der Waals surface area (Å²) < 4.78 is 0. The molecule has 2 aromatic rings. The second-order valence-electron chi connectivity index (χ2n) is 7.39. The van der Waals surface area contributed by atoms with Crippen LogP contribution in [0.25, 0.3) is 10.6 Å². The van der Waals surface area contributed by atoms with Crippen LogP contribution in [0.15, 0.2) is 12.3 Å². The normalized spacial score (nSPS) is 16.0. The van der Waals surface area contributed by atoms with Gasteiger partial charge in [0.15, 0.2) is 0 Å². The molecule has 0 amide bonds. The highest BCUT2D eigenvalue weighted by Gasteiger charge is 2.33. The summed E-state index contributed by atoms with van der Waals surface area (Å²) in [5.41, 5.74) is 4.61. The Labute approximate surface area is 146 Å². The lowest BCUT2D eigenvalue weighted by Crippen LogP contribution is -2.22. The smallest absolute Gasteiger partial charge is 0.337 e. The van der Waals surface area contributed by atoms with Crippen LogP contribution < -0.4 is 5.32 Å². The van der Waals surface area contributed by atoms with Crippen molar-refractivity contribution in [2.75, 3.05) is 7.05 Å². The summed E-state index contributed by atoms with van der Waals surface area (Å²) in [6.45, 7) is 7.20. The van der Waals surface area contributed by atoms with Crippen LogP contribution in [0.1, 0.15) is 52.2 Å². The molecule has 2 aromatic heterocycles. The van der Waals surface area contributed by atoms with Crippen LogP contribution in [0.3, 0.4) is 0 Å². The van der Waals surface area contributed by atoms with Crippen LogP contribution >= 0.6 is 11.3 Å². The SMILES string of the molecule is CNCc1cnc(-c2sc3c(c2C(=O)O)CC(C)(C)CC3)c(C)c1. The molecular formula is C19H24N2O2S. The number of nitrogens with zero attached hydrogens (tertiary/aromatic N) is 1. The van der Waals surface area contributed by atoms with Gasteiger partial charge in [0.1, 0.15) is 0 Å². The molecule has 0 aliphatic heterocycles. The van der Waals surface area contributed by atoms with E-state index in [4.69, 9.17) is 0 Å². The predicted molar refractivity (Wildman–Crippen MR) is 97.8 cm³/mol. The first-order valence-electron chi connectivity index (χ1n) is 8.31. The molecular weight excluding hydrogens is 320 g/mol. The Hall–Kier alpha value is -1.72. The first-order chi connectivity index (χ1) is 11.3. The van der Waals surface area contributed by atoms with Gasteiger partial charge in [-0.3, -0.25) is 4.98 Å². The van der Waals surface area contributed by atoms with Crippen molar-refractivity contribution in [1.29, 1.82) is 0 Å². The summed E-state index contributed by atoms with van der Waals surface area (Å²) in [7, 11) is 1.90. The van der Waals surface area contributed by atoms with Crippen molar-refractivity contribution in [1.82, 2.24) is 10.3 Å². The third-order valence-corrected chi connectivity index (χ3v) is 6.02. The molecule has 128 valence electrons. The third-order valence-electron chi connectivity index (χ3n) is 4.72. The topological polar surface area (TPSA) is 62.2 Å². The molecule has 0 aromatic carbocycles. The Bertz CT molecular complexity index is 793. The van der Waals surface area contributed by atoms with Crippen LogP contribution in [0, 0.1) is 12.3 Å². The van der Waals surface area contributed by atoms with E-state index in [0.717, 1.165) is 53.1 Å². The van der Waals surface area contributed by atoms with Gasteiger partial charge in [0.25, 0.3) is 0 Å². The van der Waals surface area contributed by atoms with Gasteiger partial charge in [-0.15, -0.1) is 11.3 Å². The number of aromatic carboxylic acids is 1. The quantitative estimate of drug-likeness (QED) is 0.878. The minimum absolute atomic E-state index is 0.161. The zero-order valence-corrected chi connectivity index (χ0v) is 15.5. The summed E-state index contributed by atoms with van der Waals surface area (Å²) in [6.07, 6.45) is 4.74. The molecule has 2 heterocycles. The molecule has 0 bridgehead atoms. The number of carboxylic acid groups (broad SMARTS) is 1. The second-order valence-corrected chi connectivity index (χ2v) is 8.50. The number of fused-ring (bicyclic) bond motifs is 1. The Kier molecular flexibility index (Phi) is 4.49. The largest absolute Gasteiger partial charge is 0.478 e. The zero-order valence-electron chi connectivity index (χ0n) is 14.7. The maximum Gasteiger partial charge on any atom is 0.337 e. The summed E-state index contributed by atoms with van der Waals surface area (Å²) in [5, 5.41) is 13.0. The van der Waals surface area contributed by atoms with E-state index in [1.54, 1.807) is 11.3 Å². The molecule has 1 aliphatic carbocycles. The summed E-state index contributed by atoms with van der Waals surface area (Å²) in [6, 6.07) is 2.09. The minimum atomic E-state index is -0.833. The first kappa shape index (κ1) is 17.1. The second kappa shape index (κ2) is 6.30. The number of carboxylic acids is 1. The fourth-order valence-corrected chi connectivity index (χ4v) is 4.86. The summed E-state index contributed by atoms with van der Waals surface area (Å²) in [5.74, 6) is -0.833. The molecule has 0 radical (unpaired) electrons. The highest BCUT2D eigenvalue weighted by atomic mass is 32.1. The van der Waals surface area contributed by atoms with Gasteiger partial charge in [-0.1, -0.05) is 19.9 Å². The third kappa shape index (κ3) is 3.10. The van der Waals surface area contributed by atoms with E-state index < -0.39 is 5.97 Å². The lowest BCUT2D eigenvalue weighted by Gasteiger charge is -2.29. The molecule has 0 saturated heterocycles. The maximum absolute atomic E-state index is 12.0. The van der Waals surface area contributed by atoms with Gasteiger partial charge in [-0.05, 0) is 55.3 Å². The van der Waals surface area contributed by atoms with Crippen molar-refractivity contribution in [2.24, 2.45) is 5.41 Å². The molecule has 0 spiro atoms. The van der Waals surface area contributed by atoms with Crippen LogP contribution in [-0.2, 0) is 19.4 Å². The zero-order chi connectivity index (χ0) is 17.5. The Balaban J connectivity index is 2.12. The molecule has 24 heavy (non-hydrogen) atoms. The number of nitrogens with one attached hydrogen (secondary N) is 1. The van der Waals surface area contributed by atoms with Gasteiger partial charge in [-0.2, -0.15) is 0 Å². The van der Waals surface area contributed by atoms with Gasteiger partial charge < -0.3 is 10.4 Å². The number of aromatic nitrogens is 1. The van der Waals surface area contributed by atoms with Crippen molar-refractivity contribution in [3.63, 3.8) is 0 Å². The van der Waals surface area contributed by atoms with Crippen LogP contribution in [-0.4, -0.2) is 23.1 Å². The number of carbonyl (C=O) groups is 1. The summed E-state index contributed by atoms with van der Waals surface area (Å²) in [4.78, 5) is 18.6. The van der Waals surface area contributed by atoms with Crippen molar-refractivity contribution in [2.45, 2.75) is 46.6 Å². The molecule has 0 unspecified atom stereocenters. The van der Waals surface area contributed by atoms with Crippen molar-refractivity contribution >= 4 is 17.3 Å². The number of hydrogen-bond acceptors (Lipinski definition) is 4. The molecule has 0 atom stereocenters. The van der Waals surface area contributed by atoms with Gasteiger partial charge in [0.05, 0.1) is 16.1 Å². The summed E-state index contributed by atoms with van der Waals surface area (Å²) >= 11 is 1.62. The Morgan fingerprint density at radius 2 is 2.21 bits per heavy atom. The monoisotopic (exact) mass is 344 g/mol. The van der Waals surface area contributed by atoms with Gasteiger partial charge in [0, 0.05) is 17.6 Å². The predicted octanol–water partition coefficient (Wildman–Crippen LogP) is 4.05. The number of hydrogen-bond donors (Lipinski definition) is 2. The average molecular weight is 344 g/mol. The number of aryl methyl sites for hydroxylation is 2. The van der Waals surface area contributed by atoms with E-state index >= 15 is 0 Å². The lowest BCUT2D eigenvalue weighted by molar-refractivity contribution is 0.0696. The first-order valence-corrected chi connectivity index (χ1v) is 9.12. The number of thiophene rings is 1. The molecule has 0 fully saturated rings. The molecule has 2 N–H and O–H groups in total. The molecule has 4 nitrogen and oxygen atoms in total. The van der Waals surface area contributed by atoms with Crippen molar-refractivity contribution in [3.05, 3.63) is 39.4 Å². The molecule has 3 rings (SSSR count). The fraction of sp³-hybridized carbons (Fsp3) is 0.474. The maximum atomic E-state index is 12.0. The molecule has 1 aliphatic rings. The average Bonchev–Trinajstić information content (AvgIpc) is 2.84.